The fraction of sp³-hybridized carbons (Fsp3) is 0.391. The lowest BCUT2D eigenvalue weighted by Crippen LogP contribution is -2.41. The highest BCUT2D eigenvalue weighted by molar-refractivity contribution is 6.62. The summed E-state index contributed by atoms with van der Waals surface area (Å²) in [5.41, 5.74) is 1.83. The van der Waals surface area contributed by atoms with Crippen LogP contribution in [0.15, 0.2) is 42.5 Å². The summed E-state index contributed by atoms with van der Waals surface area (Å²) in [5, 5.41) is 8.88. The van der Waals surface area contributed by atoms with Crippen LogP contribution in [0.3, 0.4) is 0 Å². The van der Waals surface area contributed by atoms with Crippen molar-refractivity contribution in [3.05, 3.63) is 53.8 Å². The Labute approximate surface area is 167 Å². The van der Waals surface area contributed by atoms with Crippen LogP contribution in [0.4, 0.5) is 4.39 Å². The Kier molecular flexibility index (Phi) is 5.95. The van der Waals surface area contributed by atoms with Crippen LogP contribution >= 0.6 is 0 Å². The van der Waals surface area contributed by atoms with Crippen molar-refractivity contribution in [2.75, 3.05) is 6.61 Å². The lowest BCUT2D eigenvalue weighted by atomic mass is 9.78. The van der Waals surface area contributed by atoms with E-state index in [-0.39, 0.29) is 12.4 Å². The van der Waals surface area contributed by atoms with Crippen molar-refractivity contribution in [2.45, 2.75) is 51.7 Å². The maximum atomic E-state index is 15.0. The fourth-order valence-corrected chi connectivity index (χ4v) is 3.02. The Morgan fingerprint density at radius 1 is 1.04 bits per heavy atom. The Bertz CT molecular complexity index is 896. The highest BCUT2D eigenvalue weighted by Crippen LogP contribution is 2.37. The molecule has 1 aliphatic heterocycles. The molecule has 1 fully saturated rings. The number of benzene rings is 2. The van der Waals surface area contributed by atoms with Gasteiger partial charge in [-0.05, 0) is 57.4 Å². The zero-order valence-corrected chi connectivity index (χ0v) is 16.9. The minimum Gasteiger partial charge on any atom is -0.399 e. The summed E-state index contributed by atoms with van der Waals surface area (Å²) in [6.45, 7) is 7.92. The van der Waals surface area contributed by atoms with Crippen LogP contribution in [0.5, 0.6) is 0 Å². The fourth-order valence-electron chi connectivity index (χ4n) is 3.02. The average molecular weight is 380 g/mol. The van der Waals surface area contributed by atoms with E-state index in [0.717, 1.165) is 16.7 Å². The molecule has 0 atom stereocenters. The smallest absolute Gasteiger partial charge is 0.399 e. The third kappa shape index (κ3) is 4.15. The standard InChI is InChI=1S/C23H26BFO3/c1-22(2)23(3,4)28-24(27-22)20-14-13-18(16-21(20)25)19-12-8-7-11-17(19)10-6-5-9-15-26/h7-8,11-14,16,26H,5,9,15H2,1-4H3. The van der Waals surface area contributed by atoms with Crippen molar-refractivity contribution in [3.8, 4) is 23.0 Å². The van der Waals surface area contributed by atoms with Crippen molar-refractivity contribution >= 4 is 12.6 Å². The summed E-state index contributed by atoms with van der Waals surface area (Å²) >= 11 is 0. The zero-order chi connectivity index (χ0) is 20.4. The molecule has 5 heteroatoms. The van der Waals surface area contributed by atoms with Crippen LogP contribution < -0.4 is 5.46 Å². The number of aliphatic hydroxyl groups excluding tert-OH is 1. The van der Waals surface area contributed by atoms with Gasteiger partial charge in [-0.25, -0.2) is 4.39 Å². The molecule has 1 heterocycles. The Hall–Kier alpha value is -2.13. The SMILES string of the molecule is CC1(C)OB(c2ccc(-c3ccccc3C#CCCCO)cc2F)OC1(C)C. The predicted molar refractivity (Wildman–Crippen MR) is 111 cm³/mol. The molecule has 0 radical (unpaired) electrons. The second-order valence-corrected chi connectivity index (χ2v) is 8.00. The molecule has 0 amide bonds. The van der Waals surface area contributed by atoms with Gasteiger partial charge in [0.1, 0.15) is 5.82 Å². The van der Waals surface area contributed by atoms with Gasteiger partial charge in [-0.2, -0.15) is 0 Å². The largest absolute Gasteiger partial charge is 0.497 e. The van der Waals surface area contributed by atoms with Gasteiger partial charge >= 0.3 is 7.12 Å². The van der Waals surface area contributed by atoms with Gasteiger partial charge in [-0.1, -0.05) is 42.2 Å². The van der Waals surface area contributed by atoms with Crippen LogP contribution in [0.25, 0.3) is 11.1 Å². The molecule has 1 saturated heterocycles. The summed E-state index contributed by atoms with van der Waals surface area (Å²) in [5.74, 6) is 5.82. The summed E-state index contributed by atoms with van der Waals surface area (Å²) in [7, 11) is -0.729. The quantitative estimate of drug-likeness (QED) is 0.497. The molecule has 0 unspecified atom stereocenters. The van der Waals surface area contributed by atoms with Crippen molar-refractivity contribution in [1.82, 2.24) is 0 Å². The normalized spacial score (nSPS) is 17.3. The van der Waals surface area contributed by atoms with Crippen LogP contribution in [-0.2, 0) is 9.31 Å². The van der Waals surface area contributed by atoms with Crippen LogP contribution in [0.1, 0.15) is 46.1 Å². The molecule has 3 rings (SSSR count). The molecular formula is C23H26BFO3. The van der Waals surface area contributed by atoms with E-state index in [9.17, 15) is 4.39 Å². The van der Waals surface area contributed by atoms with Gasteiger partial charge in [0.05, 0.1) is 11.2 Å². The minimum absolute atomic E-state index is 0.127. The summed E-state index contributed by atoms with van der Waals surface area (Å²) in [6.07, 6.45) is 1.27. The number of rotatable bonds is 4. The molecule has 0 aromatic heterocycles. The van der Waals surface area contributed by atoms with Crippen LogP contribution in [-0.4, -0.2) is 30.0 Å². The van der Waals surface area contributed by atoms with Gasteiger partial charge in [-0.3, -0.25) is 0 Å². The summed E-state index contributed by atoms with van der Waals surface area (Å²) < 4.78 is 26.9. The van der Waals surface area contributed by atoms with Gasteiger partial charge < -0.3 is 14.4 Å². The van der Waals surface area contributed by atoms with Gasteiger partial charge in [0, 0.05) is 24.1 Å². The second-order valence-electron chi connectivity index (χ2n) is 8.00. The minimum atomic E-state index is -0.729. The van der Waals surface area contributed by atoms with E-state index in [1.807, 2.05) is 58.0 Å². The lowest BCUT2D eigenvalue weighted by molar-refractivity contribution is 0.00578. The Balaban J connectivity index is 1.89. The van der Waals surface area contributed by atoms with Gasteiger partial charge in [0.25, 0.3) is 0 Å². The van der Waals surface area contributed by atoms with Crippen LogP contribution in [0, 0.1) is 17.7 Å². The van der Waals surface area contributed by atoms with Gasteiger partial charge in [0.15, 0.2) is 0 Å². The highest BCUT2D eigenvalue weighted by Gasteiger charge is 2.52. The van der Waals surface area contributed by atoms with E-state index in [1.165, 1.54) is 6.07 Å². The summed E-state index contributed by atoms with van der Waals surface area (Å²) in [4.78, 5) is 0. The first kappa shape index (κ1) is 20.6. The molecule has 28 heavy (non-hydrogen) atoms. The van der Waals surface area contributed by atoms with Crippen LogP contribution in [0.2, 0.25) is 0 Å². The number of hydrogen-bond acceptors (Lipinski definition) is 3. The molecule has 0 spiro atoms. The van der Waals surface area contributed by atoms with E-state index in [4.69, 9.17) is 14.4 Å². The van der Waals surface area contributed by atoms with E-state index in [1.54, 1.807) is 6.07 Å². The van der Waals surface area contributed by atoms with Crippen molar-refractivity contribution in [1.29, 1.82) is 0 Å². The lowest BCUT2D eigenvalue weighted by Gasteiger charge is -2.32. The number of unbranched alkanes of at least 4 members (excludes halogenated alkanes) is 1. The third-order valence-corrected chi connectivity index (χ3v) is 5.43. The van der Waals surface area contributed by atoms with Crippen molar-refractivity contribution in [3.63, 3.8) is 0 Å². The maximum Gasteiger partial charge on any atom is 0.497 e. The first-order valence-corrected chi connectivity index (χ1v) is 9.59. The van der Waals surface area contributed by atoms with Gasteiger partial charge in [-0.15, -0.1) is 0 Å². The molecule has 0 aliphatic carbocycles. The van der Waals surface area contributed by atoms with E-state index in [2.05, 4.69) is 11.8 Å². The first-order chi connectivity index (χ1) is 13.2. The zero-order valence-electron chi connectivity index (χ0n) is 16.9. The Morgan fingerprint density at radius 2 is 1.71 bits per heavy atom. The average Bonchev–Trinajstić information content (AvgIpc) is 2.86. The highest BCUT2D eigenvalue weighted by atomic mass is 19.1. The number of hydrogen-bond donors (Lipinski definition) is 1. The molecule has 3 nitrogen and oxygen atoms in total. The Morgan fingerprint density at radius 3 is 2.36 bits per heavy atom. The van der Waals surface area contributed by atoms with Crippen molar-refractivity contribution in [2.24, 2.45) is 0 Å². The molecule has 2 aromatic rings. The van der Waals surface area contributed by atoms with Crippen molar-refractivity contribution < 1.29 is 18.8 Å². The monoisotopic (exact) mass is 380 g/mol. The maximum absolute atomic E-state index is 15.0. The second kappa shape index (κ2) is 8.09. The van der Waals surface area contributed by atoms with E-state index >= 15 is 0 Å². The topological polar surface area (TPSA) is 38.7 Å². The number of aliphatic hydroxyl groups is 1. The molecule has 0 saturated carbocycles. The molecule has 1 N–H and O–H groups in total. The molecule has 1 aliphatic rings. The molecule has 146 valence electrons. The molecule has 2 aromatic carbocycles. The predicted octanol–water partition coefficient (Wildman–Crippen LogP) is 3.92. The van der Waals surface area contributed by atoms with Gasteiger partial charge in [0.2, 0.25) is 0 Å². The molecular weight excluding hydrogens is 354 g/mol. The van der Waals surface area contributed by atoms with E-state index in [0.29, 0.717) is 18.3 Å². The van der Waals surface area contributed by atoms with E-state index < -0.39 is 18.3 Å². The third-order valence-electron chi connectivity index (χ3n) is 5.43. The first-order valence-electron chi connectivity index (χ1n) is 9.59. The number of halogens is 1. The summed E-state index contributed by atoms with van der Waals surface area (Å²) in [6, 6.07) is 12.8. The molecule has 0 bridgehead atoms.